The molecule has 1 unspecified atom stereocenters. The Hall–Kier alpha value is -0.990. The standard InChI is InChI=1S/C6H8N2O/c9-6-4-5-2-1-3-8(5)7-6/h1,3,5H,2,4H2,(H,7,9). The van der Waals surface area contributed by atoms with Crippen LogP contribution in [0, 0.1) is 0 Å². The number of hydrogen-bond acceptors (Lipinski definition) is 2. The molecule has 0 aromatic rings. The first-order valence-corrected chi connectivity index (χ1v) is 3.11. The van der Waals surface area contributed by atoms with E-state index in [1.54, 1.807) is 0 Å². The highest BCUT2D eigenvalue weighted by atomic mass is 16.2. The number of rotatable bonds is 0. The number of nitrogens with one attached hydrogen (secondary N) is 1. The van der Waals surface area contributed by atoms with Gasteiger partial charge in [-0.2, -0.15) is 0 Å². The molecule has 0 aromatic heterocycles. The molecular formula is C6H8N2O. The third kappa shape index (κ3) is 0.608. The Morgan fingerprint density at radius 3 is 3.44 bits per heavy atom. The summed E-state index contributed by atoms with van der Waals surface area (Å²) in [6.45, 7) is 0. The van der Waals surface area contributed by atoms with Crippen LogP contribution in [0.3, 0.4) is 0 Å². The zero-order valence-electron chi connectivity index (χ0n) is 5.00. The monoisotopic (exact) mass is 124 g/mol. The highest BCUT2D eigenvalue weighted by Gasteiger charge is 2.29. The molecule has 1 saturated heterocycles. The number of hydrazine groups is 1. The van der Waals surface area contributed by atoms with Gasteiger partial charge in [0.15, 0.2) is 0 Å². The number of nitrogens with zero attached hydrogens (tertiary/aromatic N) is 1. The molecule has 1 fully saturated rings. The molecule has 0 spiro atoms. The van der Waals surface area contributed by atoms with Crippen LogP contribution in [0.25, 0.3) is 0 Å². The Bertz CT molecular complexity index is 176. The third-order valence-electron chi connectivity index (χ3n) is 1.74. The van der Waals surface area contributed by atoms with Crippen molar-refractivity contribution in [1.82, 2.24) is 10.4 Å². The Labute approximate surface area is 53.3 Å². The van der Waals surface area contributed by atoms with Crippen molar-refractivity contribution in [2.75, 3.05) is 0 Å². The lowest BCUT2D eigenvalue weighted by atomic mass is 10.2. The van der Waals surface area contributed by atoms with Crippen LogP contribution in [0.5, 0.6) is 0 Å². The molecule has 1 atom stereocenters. The van der Waals surface area contributed by atoms with E-state index in [1.807, 2.05) is 11.2 Å². The molecule has 3 heteroatoms. The number of hydrogen-bond donors (Lipinski definition) is 1. The first kappa shape index (κ1) is 4.85. The quantitative estimate of drug-likeness (QED) is 0.493. The van der Waals surface area contributed by atoms with E-state index in [4.69, 9.17) is 0 Å². The fraction of sp³-hybridized carbons (Fsp3) is 0.500. The Kier molecular flexibility index (Phi) is 0.806. The summed E-state index contributed by atoms with van der Waals surface area (Å²) in [5, 5.41) is 1.88. The Morgan fingerprint density at radius 2 is 2.67 bits per heavy atom. The van der Waals surface area contributed by atoms with Crippen LogP contribution in [-0.4, -0.2) is 17.0 Å². The molecule has 0 saturated carbocycles. The van der Waals surface area contributed by atoms with Gasteiger partial charge >= 0.3 is 0 Å². The number of fused-ring (bicyclic) bond motifs is 1. The van der Waals surface area contributed by atoms with E-state index in [1.165, 1.54) is 0 Å². The summed E-state index contributed by atoms with van der Waals surface area (Å²) in [5.74, 6) is 0.143. The predicted octanol–water partition coefficient (Wildman–Crippen LogP) is 0.00930. The Balaban J connectivity index is 2.17. The highest BCUT2D eigenvalue weighted by Crippen LogP contribution is 2.19. The first-order valence-electron chi connectivity index (χ1n) is 3.11. The molecule has 2 aliphatic rings. The minimum atomic E-state index is 0.143. The molecule has 0 bridgehead atoms. The van der Waals surface area contributed by atoms with E-state index in [0.717, 1.165) is 6.42 Å². The lowest BCUT2D eigenvalue weighted by Gasteiger charge is -2.12. The van der Waals surface area contributed by atoms with Gasteiger partial charge in [-0.3, -0.25) is 15.2 Å². The van der Waals surface area contributed by atoms with Crippen molar-refractivity contribution in [2.24, 2.45) is 0 Å². The largest absolute Gasteiger partial charge is 0.289 e. The molecule has 2 rings (SSSR count). The average Bonchev–Trinajstić information content (AvgIpc) is 2.22. The molecule has 2 aliphatic heterocycles. The molecule has 2 heterocycles. The second kappa shape index (κ2) is 1.50. The van der Waals surface area contributed by atoms with Gasteiger partial charge in [0.2, 0.25) is 5.91 Å². The lowest BCUT2D eigenvalue weighted by molar-refractivity contribution is -0.120. The zero-order valence-corrected chi connectivity index (χ0v) is 5.00. The maximum absolute atomic E-state index is 10.7. The second-order valence-electron chi connectivity index (χ2n) is 2.42. The molecule has 1 amide bonds. The van der Waals surface area contributed by atoms with Gasteiger partial charge in [0, 0.05) is 6.20 Å². The van der Waals surface area contributed by atoms with Crippen LogP contribution < -0.4 is 5.43 Å². The summed E-state index contributed by atoms with van der Waals surface area (Å²) in [6, 6.07) is 0.414. The van der Waals surface area contributed by atoms with E-state index >= 15 is 0 Å². The number of carbonyl (C=O) groups is 1. The molecule has 0 radical (unpaired) electrons. The van der Waals surface area contributed by atoms with Crippen molar-refractivity contribution in [2.45, 2.75) is 18.9 Å². The van der Waals surface area contributed by atoms with Crippen molar-refractivity contribution >= 4 is 5.91 Å². The highest BCUT2D eigenvalue weighted by molar-refractivity contribution is 5.78. The minimum absolute atomic E-state index is 0.143. The number of amides is 1. The molecular weight excluding hydrogens is 116 g/mol. The summed E-state index contributed by atoms with van der Waals surface area (Å²) < 4.78 is 0. The molecule has 0 aromatic carbocycles. The van der Waals surface area contributed by atoms with Crippen molar-refractivity contribution in [3.05, 3.63) is 12.3 Å². The van der Waals surface area contributed by atoms with E-state index < -0.39 is 0 Å². The van der Waals surface area contributed by atoms with Crippen molar-refractivity contribution < 1.29 is 4.79 Å². The summed E-state index contributed by atoms with van der Waals surface area (Å²) in [7, 11) is 0. The van der Waals surface area contributed by atoms with Crippen LogP contribution in [0.1, 0.15) is 12.8 Å². The van der Waals surface area contributed by atoms with Gasteiger partial charge in [0.25, 0.3) is 0 Å². The van der Waals surface area contributed by atoms with E-state index in [0.29, 0.717) is 12.5 Å². The zero-order chi connectivity index (χ0) is 6.27. The summed E-state index contributed by atoms with van der Waals surface area (Å²) in [5.41, 5.74) is 2.72. The van der Waals surface area contributed by atoms with Crippen LogP contribution in [0.2, 0.25) is 0 Å². The fourth-order valence-electron chi connectivity index (χ4n) is 1.28. The molecule has 1 N–H and O–H groups in total. The van der Waals surface area contributed by atoms with Crippen molar-refractivity contribution in [3.8, 4) is 0 Å². The molecule has 48 valence electrons. The second-order valence-corrected chi connectivity index (χ2v) is 2.42. The van der Waals surface area contributed by atoms with Gasteiger partial charge < -0.3 is 0 Å². The molecule has 9 heavy (non-hydrogen) atoms. The van der Waals surface area contributed by atoms with Crippen molar-refractivity contribution in [3.63, 3.8) is 0 Å². The van der Waals surface area contributed by atoms with Crippen LogP contribution in [0.15, 0.2) is 12.3 Å². The van der Waals surface area contributed by atoms with Crippen molar-refractivity contribution in [1.29, 1.82) is 0 Å². The van der Waals surface area contributed by atoms with Gasteiger partial charge in [0.05, 0.1) is 12.5 Å². The van der Waals surface area contributed by atoms with Crippen LogP contribution >= 0.6 is 0 Å². The minimum Gasteiger partial charge on any atom is -0.289 e. The number of carbonyl (C=O) groups excluding carboxylic acids is 1. The molecule has 3 nitrogen and oxygen atoms in total. The summed E-state index contributed by atoms with van der Waals surface area (Å²) in [4.78, 5) is 10.7. The lowest BCUT2D eigenvalue weighted by Crippen LogP contribution is -2.30. The van der Waals surface area contributed by atoms with Gasteiger partial charge in [0.1, 0.15) is 0 Å². The molecule has 0 aliphatic carbocycles. The van der Waals surface area contributed by atoms with E-state index in [2.05, 4.69) is 11.5 Å². The summed E-state index contributed by atoms with van der Waals surface area (Å²) in [6.07, 6.45) is 5.67. The van der Waals surface area contributed by atoms with Gasteiger partial charge in [-0.05, 0) is 6.42 Å². The fourth-order valence-corrected chi connectivity index (χ4v) is 1.28. The van der Waals surface area contributed by atoms with Gasteiger partial charge in [-0.15, -0.1) is 0 Å². The summed E-state index contributed by atoms with van der Waals surface area (Å²) >= 11 is 0. The Morgan fingerprint density at radius 1 is 1.78 bits per heavy atom. The average molecular weight is 124 g/mol. The van der Waals surface area contributed by atoms with Crippen LogP contribution in [-0.2, 0) is 4.79 Å². The predicted molar refractivity (Wildman–Crippen MR) is 32.1 cm³/mol. The van der Waals surface area contributed by atoms with E-state index in [-0.39, 0.29) is 5.91 Å². The van der Waals surface area contributed by atoms with Crippen LogP contribution in [0.4, 0.5) is 0 Å². The maximum Gasteiger partial charge on any atom is 0.240 e. The first-order chi connectivity index (χ1) is 4.36. The van der Waals surface area contributed by atoms with E-state index in [9.17, 15) is 4.79 Å². The maximum atomic E-state index is 10.7. The third-order valence-corrected chi connectivity index (χ3v) is 1.74. The SMILES string of the molecule is O=C1CC2CC=CN2N1. The smallest absolute Gasteiger partial charge is 0.240 e. The van der Waals surface area contributed by atoms with Gasteiger partial charge in [-0.25, -0.2) is 0 Å². The van der Waals surface area contributed by atoms with Gasteiger partial charge in [-0.1, -0.05) is 6.08 Å². The normalized spacial score (nSPS) is 30.9. The topological polar surface area (TPSA) is 32.3 Å².